The van der Waals surface area contributed by atoms with Crippen LogP contribution in [0, 0.1) is 56.2 Å². The molecule has 5 aliphatic rings. The number of nitriles is 1. The van der Waals surface area contributed by atoms with E-state index in [9.17, 15) is 37.6 Å². The van der Waals surface area contributed by atoms with Crippen LogP contribution in [0.25, 0.3) is 5.57 Å². The smallest absolute Gasteiger partial charge is 0.377 e. The molecular weight excluding hydrogens is 976 g/mol. The predicted molar refractivity (Wildman–Crippen MR) is 287 cm³/mol. The molecule has 2 aromatic rings. The fraction of sp³-hybridized carbons (Fsp3) is 0.600. The van der Waals surface area contributed by atoms with Gasteiger partial charge in [0.15, 0.2) is 11.6 Å². The van der Waals surface area contributed by atoms with E-state index in [1.807, 2.05) is 39.0 Å². The van der Waals surface area contributed by atoms with Gasteiger partial charge in [-0.3, -0.25) is 29.1 Å². The summed E-state index contributed by atoms with van der Waals surface area (Å²) in [7, 11) is 1.62. The van der Waals surface area contributed by atoms with Gasteiger partial charge >= 0.3 is 6.18 Å². The minimum absolute atomic E-state index is 0.0150. The van der Waals surface area contributed by atoms with Gasteiger partial charge in [0, 0.05) is 64.7 Å². The Kier molecular flexibility index (Phi) is 18.1. The zero-order chi connectivity index (χ0) is 55.3. The number of rotatable bonds is 22. The van der Waals surface area contributed by atoms with Crippen molar-refractivity contribution in [3.63, 3.8) is 0 Å². The number of alkyl halides is 3. The first kappa shape index (κ1) is 58.2. The summed E-state index contributed by atoms with van der Waals surface area (Å²) in [5, 5.41) is 16.1. The monoisotopic (exact) mass is 1050 g/mol. The van der Waals surface area contributed by atoms with Crippen LogP contribution in [-0.4, -0.2) is 102 Å². The fourth-order valence-electron chi connectivity index (χ4n) is 13.1. The van der Waals surface area contributed by atoms with Crippen LogP contribution in [0.5, 0.6) is 0 Å². The maximum absolute atomic E-state index is 14.4. The first-order valence-electron chi connectivity index (χ1n) is 27.1. The summed E-state index contributed by atoms with van der Waals surface area (Å²) in [6, 6.07) is 12.3. The van der Waals surface area contributed by atoms with Crippen LogP contribution in [-0.2, 0) is 39.5 Å². The number of fused-ring (bicyclic) bond motifs is 6. The van der Waals surface area contributed by atoms with Crippen molar-refractivity contribution in [2.45, 2.75) is 113 Å². The summed E-state index contributed by atoms with van der Waals surface area (Å²) >= 11 is 0. The van der Waals surface area contributed by atoms with E-state index in [0.29, 0.717) is 94.8 Å². The van der Waals surface area contributed by atoms with Crippen molar-refractivity contribution in [2.75, 3.05) is 77.9 Å². The summed E-state index contributed by atoms with van der Waals surface area (Å²) < 4.78 is 62.5. The first-order chi connectivity index (χ1) is 36.0. The lowest BCUT2D eigenvalue weighted by atomic mass is 9.41. The second kappa shape index (κ2) is 23.6. The summed E-state index contributed by atoms with van der Waals surface area (Å²) in [6.07, 6.45) is 7.30. The van der Waals surface area contributed by atoms with Crippen molar-refractivity contribution in [3.8, 4) is 6.07 Å². The Morgan fingerprint density at radius 2 is 1.50 bits per heavy atom. The Morgan fingerprint density at radius 1 is 0.882 bits per heavy atom. The van der Waals surface area contributed by atoms with Crippen molar-refractivity contribution < 1.29 is 51.3 Å². The van der Waals surface area contributed by atoms with E-state index in [0.717, 1.165) is 60.9 Å². The van der Waals surface area contributed by atoms with Crippen LogP contribution in [0.15, 0.2) is 76.8 Å². The molecule has 0 spiro atoms. The molecule has 0 aromatic heterocycles. The number of carbonyl (C=O) groups is 4. The fourth-order valence-corrected chi connectivity index (χ4v) is 13.1. The van der Waals surface area contributed by atoms with Crippen LogP contribution >= 0.6 is 0 Å². The Balaban J connectivity index is 0.791. The van der Waals surface area contributed by atoms with Crippen LogP contribution in [0.2, 0.25) is 0 Å². The average molecular weight is 1050 g/mol. The van der Waals surface area contributed by atoms with Gasteiger partial charge < -0.3 is 29.6 Å². The number of nitrogens with one attached hydrogen (secondary N) is 2. The third-order valence-electron chi connectivity index (χ3n) is 17.7. The molecule has 2 unspecified atom stereocenters. The molecule has 76 heavy (non-hydrogen) atoms. The summed E-state index contributed by atoms with van der Waals surface area (Å²) in [5.74, 6) is -0.0292. The number of aliphatic imine (C=N–C) groups is 1. The molecule has 0 bridgehead atoms. The van der Waals surface area contributed by atoms with Crippen LogP contribution in [0.3, 0.4) is 0 Å². The topological polar surface area (TPSA) is 169 Å². The normalized spacial score (nSPS) is 27.0. The first-order valence-corrected chi connectivity index (χ1v) is 27.1. The van der Waals surface area contributed by atoms with Crippen LogP contribution in [0.4, 0.5) is 24.5 Å². The van der Waals surface area contributed by atoms with E-state index in [2.05, 4.69) is 56.3 Å². The molecular formula is C60H78F3N5O8. The molecule has 2 aromatic carbocycles. The Labute approximate surface area is 447 Å². The number of nitrogens with zero attached hydrogens (tertiary/aromatic N) is 3. The van der Waals surface area contributed by atoms with E-state index in [1.54, 1.807) is 30.1 Å². The number of Topliss-reactive ketones (excluding diaryl/α,β-unsaturated/α-hetero) is 1. The zero-order valence-corrected chi connectivity index (χ0v) is 46.0. The van der Waals surface area contributed by atoms with E-state index >= 15 is 0 Å². The van der Waals surface area contributed by atoms with E-state index < -0.39 is 28.0 Å². The van der Waals surface area contributed by atoms with Crippen molar-refractivity contribution in [3.05, 3.63) is 88.5 Å². The van der Waals surface area contributed by atoms with Gasteiger partial charge in [-0.15, -0.1) is 0 Å². The maximum atomic E-state index is 14.4. The number of halogens is 3. The SMILES string of the molecule is C/C=C1\C(=NC)N(c2ccc(C(F)(F)F)cc2)c2ccc(C(=O)NCCOCCOCCOCCOCCNC(=O)[C@@]3(CCC(C)(C)CC)CCC4[C@@H](C3)C(=O)C=C3[C@@]5(C)C=C(C#N)C(=O)C(C)(C)C5CC[C@]34C)cc21. The zero-order valence-electron chi connectivity index (χ0n) is 46.0. The maximum Gasteiger partial charge on any atom is 0.416 e. The number of amides is 2. The van der Waals surface area contributed by atoms with Crippen LogP contribution < -0.4 is 15.5 Å². The molecule has 7 rings (SSSR count). The van der Waals surface area contributed by atoms with Gasteiger partial charge in [-0.2, -0.15) is 18.4 Å². The van der Waals surface area contributed by atoms with E-state index in [4.69, 9.17) is 18.9 Å². The number of ketones is 2. The molecule has 0 saturated heterocycles. The van der Waals surface area contributed by atoms with Crippen molar-refractivity contribution in [1.29, 1.82) is 5.26 Å². The van der Waals surface area contributed by atoms with Gasteiger partial charge in [0.05, 0.1) is 69.7 Å². The molecule has 2 N–H and O–H groups in total. The molecule has 13 nitrogen and oxygen atoms in total. The average Bonchev–Trinajstić information content (AvgIpc) is 3.84. The number of hydrogen-bond donors (Lipinski definition) is 2. The second-order valence-electron chi connectivity index (χ2n) is 23.0. The Hall–Kier alpha value is -5.47. The van der Waals surface area contributed by atoms with Gasteiger partial charge in [0.1, 0.15) is 11.9 Å². The van der Waals surface area contributed by atoms with Gasteiger partial charge in [-0.1, -0.05) is 72.6 Å². The van der Waals surface area contributed by atoms with Crippen LogP contribution in [0.1, 0.15) is 128 Å². The van der Waals surface area contributed by atoms with Gasteiger partial charge in [-0.05, 0) is 123 Å². The summed E-state index contributed by atoms with van der Waals surface area (Å²) in [6.45, 7) is 20.1. The summed E-state index contributed by atoms with van der Waals surface area (Å²) in [5.41, 5.74) is 1.42. The molecule has 2 amide bonds. The lowest BCUT2D eigenvalue weighted by Gasteiger charge is -2.62. The number of benzene rings is 2. The molecule has 412 valence electrons. The number of hydrogen-bond acceptors (Lipinski definition) is 10. The quantitative estimate of drug-likeness (QED) is 0.108. The number of anilines is 2. The highest BCUT2D eigenvalue weighted by atomic mass is 19.4. The van der Waals surface area contributed by atoms with Gasteiger partial charge in [0.25, 0.3) is 5.91 Å². The third-order valence-corrected chi connectivity index (χ3v) is 17.7. The van der Waals surface area contributed by atoms with Gasteiger partial charge in [-0.25, -0.2) is 0 Å². The summed E-state index contributed by atoms with van der Waals surface area (Å²) in [4.78, 5) is 61.5. The number of allylic oxidation sites excluding steroid dienone is 5. The van der Waals surface area contributed by atoms with E-state index in [-0.39, 0.29) is 70.7 Å². The number of amidine groups is 1. The molecule has 2 fully saturated rings. The van der Waals surface area contributed by atoms with Crippen molar-refractivity contribution in [1.82, 2.24) is 10.6 Å². The van der Waals surface area contributed by atoms with Gasteiger partial charge in [0.2, 0.25) is 5.91 Å². The molecule has 6 atom stereocenters. The largest absolute Gasteiger partial charge is 0.416 e. The van der Waals surface area contributed by atoms with Crippen molar-refractivity contribution >= 4 is 46.2 Å². The lowest BCUT2D eigenvalue weighted by Crippen LogP contribution is -2.58. The molecule has 2 saturated carbocycles. The number of ether oxygens (including phenoxy) is 4. The standard InChI is InChI=1S/C60H78F3N5O8/c1-10-43-44-34-39(12-17-47(44)68(52(43)65-9)42-15-13-41(14-16-42)60(61,62)63)53(71)66-24-26-73-28-30-75-32-33-76-31-29-74-27-25-67-54(72)59(23-22-55(3,4)11-2)21-18-46-45(37-59)48(69)35-50-57(46,7)20-19-49-56(5,6)51(70)40(38-64)36-58(49,50)8/h10,12-17,34-36,45-46,49H,11,18-33,37H2,1-9H3,(H,66,71)(H,67,72)/b43-10-,65-52?/t45-,46?,49?,57+,58+,59-/m1/s1. The minimum Gasteiger partial charge on any atom is -0.377 e. The predicted octanol–water partition coefficient (Wildman–Crippen LogP) is 10.8. The molecule has 1 heterocycles. The molecule has 1 aliphatic heterocycles. The second-order valence-corrected chi connectivity index (χ2v) is 23.0. The highest BCUT2D eigenvalue weighted by Gasteiger charge is 2.64. The third kappa shape index (κ3) is 11.8. The molecule has 4 aliphatic carbocycles. The highest BCUT2D eigenvalue weighted by Crippen LogP contribution is 2.68. The Bertz CT molecular complexity index is 2670. The molecule has 16 heteroatoms. The molecule has 0 radical (unpaired) electrons. The highest BCUT2D eigenvalue weighted by molar-refractivity contribution is 6.37. The van der Waals surface area contributed by atoms with E-state index in [1.165, 1.54) is 12.1 Å². The number of carbonyl (C=O) groups excluding carboxylic acids is 4. The van der Waals surface area contributed by atoms with Crippen molar-refractivity contribution in [2.24, 2.45) is 49.8 Å². The minimum atomic E-state index is -4.45. The Morgan fingerprint density at radius 3 is 2.08 bits per heavy atom. The lowest BCUT2D eigenvalue weighted by molar-refractivity contribution is -0.143.